The molecule has 1 aromatic carbocycles. The average molecular weight is 292 g/mol. The van der Waals surface area contributed by atoms with E-state index in [1.807, 2.05) is 26.8 Å². The number of non-ortho nitro benzene ring substituents is 1. The number of aromatic nitrogens is 2. The molecular weight excluding hydrogens is 276 g/mol. The van der Waals surface area contributed by atoms with Crippen molar-refractivity contribution in [3.63, 3.8) is 0 Å². The molecule has 1 unspecified atom stereocenters. The van der Waals surface area contributed by atoms with E-state index in [1.165, 1.54) is 17.4 Å². The minimum absolute atomic E-state index is 0.0801. The van der Waals surface area contributed by atoms with Crippen molar-refractivity contribution < 1.29 is 4.92 Å². The van der Waals surface area contributed by atoms with Gasteiger partial charge in [-0.1, -0.05) is 18.3 Å². The summed E-state index contributed by atoms with van der Waals surface area (Å²) in [6.45, 7) is 6.74. The number of benzene rings is 1. The molecule has 2 rings (SSSR count). The quantitative estimate of drug-likeness (QED) is 0.676. The first kappa shape index (κ1) is 14.5. The van der Waals surface area contributed by atoms with Gasteiger partial charge in [-0.3, -0.25) is 10.1 Å². The van der Waals surface area contributed by atoms with E-state index in [4.69, 9.17) is 0 Å². The maximum atomic E-state index is 10.9. The Bertz CT molecular complexity index is 627. The largest absolute Gasteiger partial charge is 0.308 e. The van der Waals surface area contributed by atoms with Gasteiger partial charge in [0, 0.05) is 17.7 Å². The fourth-order valence-corrected chi connectivity index (χ4v) is 2.77. The van der Waals surface area contributed by atoms with Crippen LogP contribution in [0.15, 0.2) is 18.2 Å². The van der Waals surface area contributed by atoms with Gasteiger partial charge in [0.25, 0.3) is 5.69 Å². The van der Waals surface area contributed by atoms with E-state index in [2.05, 4.69) is 15.5 Å². The molecule has 0 bridgehead atoms. The van der Waals surface area contributed by atoms with Crippen LogP contribution < -0.4 is 5.32 Å². The zero-order valence-corrected chi connectivity index (χ0v) is 12.4. The summed E-state index contributed by atoms with van der Waals surface area (Å²) in [5.74, 6) is 0. The molecular formula is C13H16N4O2S. The van der Waals surface area contributed by atoms with Crippen molar-refractivity contribution in [2.75, 3.05) is 6.54 Å². The van der Waals surface area contributed by atoms with Crippen molar-refractivity contribution in [1.29, 1.82) is 0 Å². The van der Waals surface area contributed by atoms with Crippen LogP contribution in [0, 0.1) is 17.0 Å². The Morgan fingerprint density at radius 2 is 2.15 bits per heavy atom. The van der Waals surface area contributed by atoms with Crippen LogP contribution in [0.5, 0.6) is 0 Å². The van der Waals surface area contributed by atoms with Gasteiger partial charge in [0.1, 0.15) is 10.0 Å². The van der Waals surface area contributed by atoms with Gasteiger partial charge in [-0.25, -0.2) is 0 Å². The molecule has 0 saturated carbocycles. The highest BCUT2D eigenvalue weighted by atomic mass is 32.1. The molecule has 0 fully saturated rings. The molecule has 7 heteroatoms. The molecule has 6 nitrogen and oxygen atoms in total. The van der Waals surface area contributed by atoms with E-state index in [1.54, 1.807) is 6.07 Å². The minimum Gasteiger partial charge on any atom is -0.308 e. The predicted molar refractivity (Wildman–Crippen MR) is 78.8 cm³/mol. The number of nitrogens with one attached hydrogen (secondary N) is 1. The van der Waals surface area contributed by atoms with Gasteiger partial charge in [-0.2, -0.15) is 0 Å². The number of nitro groups is 1. The molecule has 0 aliphatic carbocycles. The maximum absolute atomic E-state index is 10.9. The number of aryl methyl sites for hydroxylation is 1. The first-order chi connectivity index (χ1) is 9.51. The molecule has 106 valence electrons. The fourth-order valence-electron chi connectivity index (χ4n) is 1.91. The van der Waals surface area contributed by atoms with Crippen molar-refractivity contribution in [2.24, 2.45) is 0 Å². The molecule has 0 radical (unpaired) electrons. The highest BCUT2D eigenvalue weighted by Gasteiger charge is 2.15. The Morgan fingerprint density at radius 1 is 1.40 bits per heavy atom. The van der Waals surface area contributed by atoms with Crippen molar-refractivity contribution in [3.05, 3.63) is 38.9 Å². The zero-order chi connectivity index (χ0) is 14.7. The Morgan fingerprint density at radius 3 is 2.80 bits per heavy atom. The van der Waals surface area contributed by atoms with Gasteiger partial charge >= 0.3 is 0 Å². The minimum atomic E-state index is -0.389. The second kappa shape index (κ2) is 6.06. The zero-order valence-electron chi connectivity index (χ0n) is 11.6. The molecule has 0 amide bonds. The summed E-state index contributed by atoms with van der Waals surface area (Å²) in [5.41, 5.74) is 1.66. The first-order valence-electron chi connectivity index (χ1n) is 6.34. The van der Waals surface area contributed by atoms with Crippen LogP contribution in [-0.2, 0) is 0 Å². The van der Waals surface area contributed by atoms with E-state index in [0.29, 0.717) is 5.01 Å². The lowest BCUT2D eigenvalue weighted by Crippen LogP contribution is -2.17. The van der Waals surface area contributed by atoms with E-state index >= 15 is 0 Å². The Balaban J connectivity index is 2.34. The smallest absolute Gasteiger partial charge is 0.270 e. The molecule has 1 atom stereocenters. The van der Waals surface area contributed by atoms with Gasteiger partial charge in [0.15, 0.2) is 0 Å². The van der Waals surface area contributed by atoms with Crippen LogP contribution in [0.2, 0.25) is 0 Å². The first-order valence-corrected chi connectivity index (χ1v) is 7.16. The van der Waals surface area contributed by atoms with Crippen molar-refractivity contribution in [3.8, 4) is 10.6 Å². The molecule has 0 spiro atoms. The second-order valence-corrected chi connectivity index (χ2v) is 5.55. The van der Waals surface area contributed by atoms with E-state index in [-0.39, 0.29) is 16.7 Å². The standard InChI is InChI=1S/C13H16N4O2S/c1-4-14-9(3)12-15-16-13(20-12)10-5-8(2)6-11(7-10)17(18)19/h5-7,9,14H,4H2,1-3H3. The summed E-state index contributed by atoms with van der Waals surface area (Å²) in [6, 6.07) is 5.10. The van der Waals surface area contributed by atoms with Gasteiger partial charge < -0.3 is 5.32 Å². The summed E-state index contributed by atoms with van der Waals surface area (Å²) in [4.78, 5) is 10.5. The lowest BCUT2D eigenvalue weighted by atomic mass is 10.1. The van der Waals surface area contributed by atoms with E-state index < -0.39 is 0 Å². The number of nitro benzene ring substituents is 1. The lowest BCUT2D eigenvalue weighted by Gasteiger charge is -2.06. The normalized spacial score (nSPS) is 12.3. The third kappa shape index (κ3) is 3.17. The third-order valence-corrected chi connectivity index (χ3v) is 4.00. The predicted octanol–water partition coefficient (Wildman–Crippen LogP) is 3.09. The lowest BCUT2D eigenvalue weighted by molar-refractivity contribution is -0.384. The van der Waals surface area contributed by atoms with Crippen molar-refractivity contribution in [2.45, 2.75) is 26.8 Å². The van der Waals surface area contributed by atoms with Crippen molar-refractivity contribution >= 4 is 17.0 Å². The van der Waals surface area contributed by atoms with Crippen LogP contribution in [-0.4, -0.2) is 21.7 Å². The van der Waals surface area contributed by atoms with Crippen molar-refractivity contribution in [1.82, 2.24) is 15.5 Å². The van der Waals surface area contributed by atoms with Gasteiger partial charge in [-0.05, 0) is 32.0 Å². The molecule has 0 saturated heterocycles. The third-order valence-electron chi connectivity index (χ3n) is 2.84. The Labute approximate surface area is 121 Å². The molecule has 20 heavy (non-hydrogen) atoms. The summed E-state index contributed by atoms with van der Waals surface area (Å²) < 4.78 is 0. The number of rotatable bonds is 5. The summed E-state index contributed by atoms with van der Waals surface area (Å²) >= 11 is 1.46. The Hall–Kier alpha value is -1.86. The van der Waals surface area contributed by atoms with E-state index in [0.717, 1.165) is 22.7 Å². The monoisotopic (exact) mass is 292 g/mol. The van der Waals surface area contributed by atoms with Crippen LogP contribution in [0.25, 0.3) is 10.6 Å². The van der Waals surface area contributed by atoms with Crippen LogP contribution in [0.3, 0.4) is 0 Å². The molecule has 0 aliphatic rings. The van der Waals surface area contributed by atoms with Gasteiger partial charge in [0.05, 0.1) is 11.0 Å². The number of nitrogens with zero attached hydrogens (tertiary/aromatic N) is 3. The maximum Gasteiger partial charge on any atom is 0.270 e. The summed E-state index contributed by atoms with van der Waals surface area (Å²) in [7, 11) is 0. The fraction of sp³-hybridized carbons (Fsp3) is 0.385. The molecule has 1 N–H and O–H groups in total. The summed E-state index contributed by atoms with van der Waals surface area (Å²) in [6.07, 6.45) is 0. The Kier molecular flexibility index (Phi) is 4.41. The topological polar surface area (TPSA) is 81.0 Å². The highest BCUT2D eigenvalue weighted by molar-refractivity contribution is 7.14. The SMILES string of the molecule is CCNC(C)c1nnc(-c2cc(C)cc([N+](=O)[O-])c2)s1. The van der Waals surface area contributed by atoms with Gasteiger partial charge in [0.2, 0.25) is 0 Å². The number of hydrogen-bond donors (Lipinski definition) is 1. The van der Waals surface area contributed by atoms with Crippen LogP contribution in [0.1, 0.15) is 30.5 Å². The average Bonchev–Trinajstić information content (AvgIpc) is 2.88. The molecule has 1 aromatic heterocycles. The number of hydrogen-bond acceptors (Lipinski definition) is 6. The van der Waals surface area contributed by atoms with Gasteiger partial charge in [-0.15, -0.1) is 10.2 Å². The molecule has 2 aromatic rings. The van der Waals surface area contributed by atoms with Crippen LogP contribution in [0.4, 0.5) is 5.69 Å². The molecule has 1 heterocycles. The summed E-state index contributed by atoms with van der Waals surface area (Å²) in [5, 5.41) is 24.0. The highest BCUT2D eigenvalue weighted by Crippen LogP contribution is 2.30. The van der Waals surface area contributed by atoms with E-state index in [9.17, 15) is 10.1 Å². The molecule has 0 aliphatic heterocycles. The second-order valence-electron chi connectivity index (χ2n) is 4.54. The van der Waals surface area contributed by atoms with Crippen LogP contribution >= 0.6 is 11.3 Å².